The van der Waals surface area contributed by atoms with Gasteiger partial charge in [-0.05, 0) is 11.8 Å². The molecule has 0 bridgehead atoms. The van der Waals surface area contributed by atoms with Gasteiger partial charge in [0.1, 0.15) is 0 Å². The van der Waals surface area contributed by atoms with Gasteiger partial charge in [-0.15, -0.1) is 0 Å². The number of carboxylic acids is 1. The van der Waals surface area contributed by atoms with Gasteiger partial charge in [0.15, 0.2) is 0 Å². The van der Waals surface area contributed by atoms with E-state index in [1.54, 1.807) is 0 Å². The van der Waals surface area contributed by atoms with Gasteiger partial charge in [0.2, 0.25) is 0 Å². The monoisotopic (exact) mass is 172 g/mol. The van der Waals surface area contributed by atoms with Gasteiger partial charge in [-0.25, -0.2) is 0 Å². The predicted molar refractivity (Wildman–Crippen MR) is 50.0 cm³/mol. The van der Waals surface area contributed by atoms with Gasteiger partial charge >= 0.3 is 5.97 Å². The number of hydrogen-bond acceptors (Lipinski definition) is 1. The second kappa shape index (κ2) is 5.18. The molecule has 0 aromatic carbocycles. The highest BCUT2D eigenvalue weighted by Crippen LogP contribution is 2.26. The molecule has 0 radical (unpaired) electrons. The molecule has 1 atom stereocenters. The van der Waals surface area contributed by atoms with E-state index in [9.17, 15) is 4.79 Å². The molecule has 72 valence electrons. The summed E-state index contributed by atoms with van der Waals surface area (Å²) in [4.78, 5) is 10.9. The van der Waals surface area contributed by atoms with Crippen molar-refractivity contribution < 1.29 is 9.90 Å². The summed E-state index contributed by atoms with van der Waals surface area (Å²) in [6, 6.07) is 0. The van der Waals surface area contributed by atoms with Crippen LogP contribution in [0.4, 0.5) is 0 Å². The van der Waals surface area contributed by atoms with Gasteiger partial charge in [-0.1, -0.05) is 40.5 Å². The van der Waals surface area contributed by atoms with Crippen molar-refractivity contribution in [1.82, 2.24) is 0 Å². The number of hydrogen-bond donors (Lipinski definition) is 1. The number of rotatable bonds is 5. The highest BCUT2D eigenvalue weighted by atomic mass is 16.4. The zero-order valence-corrected chi connectivity index (χ0v) is 8.50. The van der Waals surface area contributed by atoms with E-state index in [1.165, 1.54) is 0 Å². The third-order valence-corrected chi connectivity index (χ3v) is 2.56. The minimum Gasteiger partial charge on any atom is -0.481 e. The molecule has 0 aromatic rings. The fourth-order valence-corrected chi connectivity index (χ4v) is 1.83. The smallest absolute Gasteiger partial charge is 0.307 e. The largest absolute Gasteiger partial charge is 0.481 e. The molecule has 0 spiro atoms. The van der Waals surface area contributed by atoms with Crippen LogP contribution >= 0.6 is 0 Å². The Morgan fingerprint density at radius 1 is 1.25 bits per heavy atom. The van der Waals surface area contributed by atoms with Crippen LogP contribution in [0.15, 0.2) is 0 Å². The van der Waals surface area contributed by atoms with Crippen molar-refractivity contribution in [3.63, 3.8) is 0 Å². The first-order valence-electron chi connectivity index (χ1n) is 4.77. The van der Waals surface area contributed by atoms with Gasteiger partial charge in [0.05, 0.1) is 5.92 Å². The van der Waals surface area contributed by atoms with Crippen LogP contribution in [0.5, 0.6) is 0 Å². The van der Waals surface area contributed by atoms with Crippen LogP contribution in [-0.4, -0.2) is 11.1 Å². The third kappa shape index (κ3) is 2.84. The maximum absolute atomic E-state index is 10.9. The zero-order chi connectivity index (χ0) is 9.72. The van der Waals surface area contributed by atoms with E-state index in [2.05, 4.69) is 13.8 Å². The Kier molecular flexibility index (Phi) is 4.95. The van der Waals surface area contributed by atoms with Crippen LogP contribution in [0.25, 0.3) is 0 Å². The Morgan fingerprint density at radius 2 is 1.67 bits per heavy atom. The van der Waals surface area contributed by atoms with E-state index in [0.29, 0.717) is 5.92 Å². The topological polar surface area (TPSA) is 37.3 Å². The quantitative estimate of drug-likeness (QED) is 0.692. The summed E-state index contributed by atoms with van der Waals surface area (Å²) in [5, 5.41) is 8.98. The molecule has 1 unspecified atom stereocenters. The first kappa shape index (κ1) is 11.5. The number of carboxylic acid groups (broad SMARTS) is 1. The van der Waals surface area contributed by atoms with Gasteiger partial charge < -0.3 is 5.11 Å². The number of carbonyl (C=O) groups is 1. The molecule has 0 amide bonds. The molecule has 0 aliphatic heterocycles. The van der Waals surface area contributed by atoms with E-state index in [4.69, 9.17) is 5.11 Å². The van der Waals surface area contributed by atoms with Crippen LogP contribution in [0.2, 0.25) is 0 Å². The first-order valence-corrected chi connectivity index (χ1v) is 4.77. The van der Waals surface area contributed by atoms with Crippen molar-refractivity contribution in [3.05, 3.63) is 0 Å². The van der Waals surface area contributed by atoms with Gasteiger partial charge in [-0.3, -0.25) is 4.79 Å². The summed E-state index contributed by atoms with van der Waals surface area (Å²) in [5.74, 6) is -0.228. The van der Waals surface area contributed by atoms with Crippen LogP contribution in [0.1, 0.15) is 40.5 Å². The summed E-state index contributed by atoms with van der Waals surface area (Å²) >= 11 is 0. The average Bonchev–Trinajstić information content (AvgIpc) is 1.98. The molecule has 12 heavy (non-hydrogen) atoms. The highest BCUT2D eigenvalue weighted by Gasteiger charge is 2.28. The van der Waals surface area contributed by atoms with Gasteiger partial charge in [0, 0.05) is 0 Å². The van der Waals surface area contributed by atoms with Crippen LogP contribution in [-0.2, 0) is 4.79 Å². The van der Waals surface area contributed by atoms with E-state index in [1.807, 2.05) is 13.8 Å². The summed E-state index contributed by atoms with van der Waals surface area (Å²) in [6.07, 6.45) is 1.93. The lowest BCUT2D eigenvalue weighted by Crippen LogP contribution is -2.27. The van der Waals surface area contributed by atoms with Crippen LogP contribution in [0, 0.1) is 17.8 Å². The molecule has 0 rings (SSSR count). The molecule has 0 aliphatic carbocycles. The number of aliphatic carboxylic acids is 1. The van der Waals surface area contributed by atoms with E-state index in [-0.39, 0.29) is 11.8 Å². The Balaban J connectivity index is 4.36. The fraction of sp³-hybridized carbons (Fsp3) is 0.900. The molecule has 1 N–H and O–H groups in total. The normalized spacial score (nSPS) is 13.8. The Labute approximate surface area is 75.0 Å². The minimum atomic E-state index is -0.640. The molecule has 0 aromatic heterocycles. The van der Waals surface area contributed by atoms with E-state index in [0.717, 1.165) is 12.8 Å². The van der Waals surface area contributed by atoms with Crippen LogP contribution in [0.3, 0.4) is 0 Å². The maximum Gasteiger partial charge on any atom is 0.307 e. The van der Waals surface area contributed by atoms with E-state index < -0.39 is 5.97 Å². The molecule has 0 saturated heterocycles. The molecule has 0 heterocycles. The summed E-state index contributed by atoms with van der Waals surface area (Å²) in [6.45, 7) is 8.09. The first-order chi connectivity index (χ1) is 5.54. The lowest BCUT2D eigenvalue weighted by atomic mass is 9.80. The van der Waals surface area contributed by atoms with Crippen molar-refractivity contribution in [2.45, 2.75) is 40.5 Å². The maximum atomic E-state index is 10.9. The summed E-state index contributed by atoms with van der Waals surface area (Å²) in [5.41, 5.74) is 0. The van der Waals surface area contributed by atoms with Crippen LogP contribution < -0.4 is 0 Å². The Morgan fingerprint density at radius 3 is 1.75 bits per heavy atom. The third-order valence-electron chi connectivity index (χ3n) is 2.56. The predicted octanol–water partition coefficient (Wildman–Crippen LogP) is 2.78. The van der Waals surface area contributed by atoms with Crippen molar-refractivity contribution in [3.8, 4) is 0 Å². The highest BCUT2D eigenvalue weighted by molar-refractivity contribution is 5.70. The zero-order valence-electron chi connectivity index (χ0n) is 8.50. The standard InChI is InChI=1S/C10H20O2/c1-5-8(6-2)9(7(3)4)10(11)12/h7-9H,5-6H2,1-4H3,(H,11,12). The Hall–Kier alpha value is -0.530. The molecule has 2 heteroatoms. The molecular weight excluding hydrogens is 152 g/mol. The Bertz CT molecular complexity index is 137. The second-order valence-corrected chi connectivity index (χ2v) is 3.68. The van der Waals surface area contributed by atoms with Gasteiger partial charge in [-0.2, -0.15) is 0 Å². The summed E-state index contributed by atoms with van der Waals surface area (Å²) in [7, 11) is 0. The lowest BCUT2D eigenvalue weighted by Gasteiger charge is -2.24. The van der Waals surface area contributed by atoms with Crippen molar-refractivity contribution in [2.75, 3.05) is 0 Å². The fourth-order valence-electron chi connectivity index (χ4n) is 1.83. The average molecular weight is 172 g/mol. The minimum absolute atomic E-state index is 0.167. The molecule has 0 aliphatic rings. The molecule has 0 fully saturated rings. The molecule has 2 nitrogen and oxygen atoms in total. The summed E-state index contributed by atoms with van der Waals surface area (Å²) < 4.78 is 0. The van der Waals surface area contributed by atoms with Crippen molar-refractivity contribution in [2.24, 2.45) is 17.8 Å². The molecule has 0 saturated carbocycles. The van der Waals surface area contributed by atoms with Crippen molar-refractivity contribution in [1.29, 1.82) is 0 Å². The SMILES string of the molecule is CCC(CC)C(C(=O)O)C(C)C. The lowest BCUT2D eigenvalue weighted by molar-refractivity contribution is -0.145. The molecular formula is C10H20O2. The van der Waals surface area contributed by atoms with E-state index >= 15 is 0 Å². The second-order valence-electron chi connectivity index (χ2n) is 3.68. The van der Waals surface area contributed by atoms with Gasteiger partial charge in [0.25, 0.3) is 0 Å². The van der Waals surface area contributed by atoms with Crippen molar-refractivity contribution >= 4 is 5.97 Å².